The van der Waals surface area contributed by atoms with Gasteiger partial charge >= 0.3 is 0 Å². The number of halogens is 1. The molecule has 0 unspecified atom stereocenters. The van der Waals surface area contributed by atoms with Crippen LogP contribution < -0.4 is 5.32 Å². The highest BCUT2D eigenvalue weighted by Gasteiger charge is 2.05. The normalized spacial score (nSPS) is 12.9. The Kier molecular flexibility index (Phi) is 9.65. The molecule has 0 amide bonds. The second kappa shape index (κ2) is 10.3. The van der Waals surface area contributed by atoms with Gasteiger partial charge in [0.2, 0.25) is 0 Å². The van der Waals surface area contributed by atoms with Crippen LogP contribution in [0, 0.1) is 0 Å². The summed E-state index contributed by atoms with van der Waals surface area (Å²) in [6.07, 6.45) is 9.31. The van der Waals surface area contributed by atoms with E-state index in [0.717, 1.165) is 29.0 Å². The van der Waals surface area contributed by atoms with E-state index in [2.05, 4.69) is 25.4 Å². The first-order valence-corrected chi connectivity index (χ1v) is 7.45. The lowest BCUT2D eigenvalue weighted by Crippen LogP contribution is -2.13. The molecular weight excluding hydrogens is 276 g/mol. The summed E-state index contributed by atoms with van der Waals surface area (Å²) >= 11 is 6.30. The fraction of sp³-hybridized carbons (Fsp3) is 0.333. The first-order chi connectivity index (χ1) is 9.81. The molecule has 0 aliphatic carbocycles. The highest BCUT2D eigenvalue weighted by Crippen LogP contribution is 2.18. The average Bonchev–Trinajstić information content (AvgIpc) is 2.38. The second-order valence-corrected chi connectivity index (χ2v) is 5.44. The molecular formula is C18H25BClN. The molecule has 0 saturated carbocycles. The van der Waals surface area contributed by atoms with Crippen LogP contribution in [-0.4, -0.2) is 7.85 Å². The maximum atomic E-state index is 6.30. The van der Waals surface area contributed by atoms with Crippen molar-refractivity contribution in [2.45, 2.75) is 40.5 Å². The minimum absolute atomic E-state index is 0.640. The summed E-state index contributed by atoms with van der Waals surface area (Å²) in [5, 5.41) is 3.95. The molecule has 0 aromatic heterocycles. The van der Waals surface area contributed by atoms with Crippen LogP contribution in [0.25, 0.3) is 0 Å². The van der Waals surface area contributed by atoms with E-state index in [0.29, 0.717) is 16.9 Å². The first-order valence-electron chi connectivity index (χ1n) is 7.07. The molecule has 0 aromatic carbocycles. The van der Waals surface area contributed by atoms with Gasteiger partial charge in [0, 0.05) is 5.70 Å². The monoisotopic (exact) mass is 301 g/mol. The Bertz CT molecular complexity index is 503. The predicted molar refractivity (Wildman–Crippen MR) is 97.3 cm³/mol. The topological polar surface area (TPSA) is 12.0 Å². The van der Waals surface area contributed by atoms with Crippen LogP contribution in [0.4, 0.5) is 0 Å². The van der Waals surface area contributed by atoms with E-state index < -0.39 is 0 Å². The summed E-state index contributed by atoms with van der Waals surface area (Å²) < 4.78 is 0. The summed E-state index contributed by atoms with van der Waals surface area (Å²) in [6.45, 7) is 15.9. The summed E-state index contributed by atoms with van der Waals surface area (Å²) in [7, 11) is 5.61. The van der Waals surface area contributed by atoms with Crippen molar-refractivity contribution in [2.24, 2.45) is 0 Å². The fourth-order valence-electron chi connectivity index (χ4n) is 1.67. The SMILES string of the molecule is [B]C(=C)C/C=C(\CC)C(=C)N/C(C=C(C)C)=C(Cl)/C=C\C. The van der Waals surface area contributed by atoms with Crippen LogP contribution >= 0.6 is 11.6 Å². The zero-order valence-electron chi connectivity index (χ0n) is 13.6. The molecule has 3 heteroatoms. The summed E-state index contributed by atoms with van der Waals surface area (Å²) in [4.78, 5) is 0. The molecule has 1 nitrogen and oxygen atoms in total. The quantitative estimate of drug-likeness (QED) is 0.461. The lowest BCUT2D eigenvalue weighted by atomic mass is 9.93. The summed E-state index contributed by atoms with van der Waals surface area (Å²) in [5.74, 6) is 0. The standard InChI is InChI=1S/C18H25BClN/c1-7-9-17(20)18(12-13(3)4)21-15(6)16(8-2)11-10-14(5)19/h7,9,11-12,21H,5-6,8,10H2,1-4H3/b9-7-,16-11+,18-17-. The zero-order chi connectivity index (χ0) is 16.4. The molecule has 0 saturated heterocycles. The maximum absolute atomic E-state index is 6.30. The largest absolute Gasteiger partial charge is 0.355 e. The molecule has 0 aliphatic rings. The molecule has 0 atom stereocenters. The van der Waals surface area contributed by atoms with Gasteiger partial charge < -0.3 is 5.32 Å². The van der Waals surface area contributed by atoms with Crippen molar-refractivity contribution < 1.29 is 0 Å². The Balaban J connectivity index is 5.30. The molecule has 0 spiro atoms. The fourth-order valence-corrected chi connectivity index (χ4v) is 1.90. The van der Waals surface area contributed by atoms with Crippen molar-refractivity contribution in [1.82, 2.24) is 5.32 Å². The third-order valence-electron chi connectivity index (χ3n) is 2.67. The van der Waals surface area contributed by atoms with Gasteiger partial charge in [-0.2, -0.15) is 0 Å². The smallest absolute Gasteiger partial charge is 0.107 e. The Labute approximate surface area is 136 Å². The third-order valence-corrected chi connectivity index (χ3v) is 3.00. The van der Waals surface area contributed by atoms with Crippen LogP contribution in [0.1, 0.15) is 40.5 Å². The minimum Gasteiger partial charge on any atom is -0.355 e. The van der Waals surface area contributed by atoms with Gasteiger partial charge in [-0.05, 0) is 51.3 Å². The summed E-state index contributed by atoms with van der Waals surface area (Å²) in [5.41, 5.74) is 4.57. The van der Waals surface area contributed by atoms with Gasteiger partial charge in [0.05, 0.1) is 10.7 Å². The molecule has 0 aliphatic heterocycles. The van der Waals surface area contributed by atoms with Gasteiger partial charge in [0.1, 0.15) is 7.85 Å². The second-order valence-electron chi connectivity index (χ2n) is 5.03. The van der Waals surface area contributed by atoms with Crippen molar-refractivity contribution in [3.05, 3.63) is 70.5 Å². The molecule has 0 heterocycles. The number of allylic oxidation sites excluding steroid dienone is 8. The van der Waals surface area contributed by atoms with Crippen LogP contribution in [0.5, 0.6) is 0 Å². The molecule has 112 valence electrons. The van der Waals surface area contributed by atoms with Crippen LogP contribution in [0.15, 0.2) is 70.5 Å². The van der Waals surface area contributed by atoms with Gasteiger partial charge in [-0.1, -0.05) is 42.8 Å². The van der Waals surface area contributed by atoms with E-state index in [1.807, 2.05) is 45.1 Å². The van der Waals surface area contributed by atoms with Crippen molar-refractivity contribution >= 4 is 19.4 Å². The van der Waals surface area contributed by atoms with E-state index in [9.17, 15) is 0 Å². The number of hydrogen-bond donors (Lipinski definition) is 1. The van der Waals surface area contributed by atoms with Crippen LogP contribution in [-0.2, 0) is 0 Å². The van der Waals surface area contributed by atoms with E-state index in [1.54, 1.807) is 0 Å². The minimum atomic E-state index is 0.640. The van der Waals surface area contributed by atoms with Crippen LogP contribution in [0.2, 0.25) is 0 Å². The van der Waals surface area contributed by atoms with E-state index >= 15 is 0 Å². The van der Waals surface area contributed by atoms with E-state index in [-0.39, 0.29) is 0 Å². The Morgan fingerprint density at radius 2 is 1.90 bits per heavy atom. The van der Waals surface area contributed by atoms with Gasteiger partial charge in [0.25, 0.3) is 0 Å². The molecule has 21 heavy (non-hydrogen) atoms. The predicted octanol–water partition coefficient (Wildman–Crippen LogP) is 5.49. The summed E-state index contributed by atoms with van der Waals surface area (Å²) in [6, 6.07) is 0. The van der Waals surface area contributed by atoms with Crippen molar-refractivity contribution in [3.63, 3.8) is 0 Å². The molecule has 2 radical (unpaired) electrons. The molecule has 1 N–H and O–H groups in total. The van der Waals surface area contributed by atoms with Crippen molar-refractivity contribution in [1.29, 1.82) is 0 Å². The molecule has 0 aromatic rings. The molecule has 0 fully saturated rings. The van der Waals surface area contributed by atoms with Gasteiger partial charge in [0.15, 0.2) is 0 Å². The number of hydrogen-bond acceptors (Lipinski definition) is 1. The van der Waals surface area contributed by atoms with E-state index in [4.69, 9.17) is 19.4 Å². The highest BCUT2D eigenvalue weighted by molar-refractivity contribution is 6.31. The lowest BCUT2D eigenvalue weighted by Gasteiger charge is -2.15. The Morgan fingerprint density at radius 1 is 1.29 bits per heavy atom. The number of nitrogens with one attached hydrogen (secondary N) is 1. The molecule has 0 bridgehead atoms. The van der Waals surface area contributed by atoms with Crippen molar-refractivity contribution in [2.75, 3.05) is 0 Å². The van der Waals surface area contributed by atoms with Crippen LogP contribution in [0.3, 0.4) is 0 Å². The Morgan fingerprint density at radius 3 is 2.33 bits per heavy atom. The average molecular weight is 302 g/mol. The van der Waals surface area contributed by atoms with Gasteiger partial charge in [-0.15, -0.1) is 12.1 Å². The van der Waals surface area contributed by atoms with Gasteiger partial charge in [-0.25, -0.2) is 0 Å². The molecule has 0 rings (SSSR count). The highest BCUT2D eigenvalue weighted by atomic mass is 35.5. The number of rotatable bonds is 8. The Hall–Kier alpha value is -1.41. The van der Waals surface area contributed by atoms with Gasteiger partial charge in [-0.3, -0.25) is 0 Å². The van der Waals surface area contributed by atoms with E-state index in [1.165, 1.54) is 0 Å². The zero-order valence-corrected chi connectivity index (χ0v) is 14.3. The lowest BCUT2D eigenvalue weighted by molar-refractivity contribution is 0.956. The first kappa shape index (κ1) is 19.6. The third kappa shape index (κ3) is 8.47. The van der Waals surface area contributed by atoms with Crippen molar-refractivity contribution in [3.8, 4) is 0 Å². The maximum Gasteiger partial charge on any atom is 0.107 e.